The summed E-state index contributed by atoms with van der Waals surface area (Å²) in [7, 11) is -2.12. The van der Waals surface area contributed by atoms with Crippen LogP contribution in [0.5, 0.6) is 5.75 Å². The van der Waals surface area contributed by atoms with Gasteiger partial charge in [-0.2, -0.15) is 0 Å². The van der Waals surface area contributed by atoms with Gasteiger partial charge in [-0.05, 0) is 24.1 Å². The van der Waals surface area contributed by atoms with Crippen LogP contribution in [0.1, 0.15) is 18.4 Å². The second-order valence-electron chi connectivity index (χ2n) is 4.27. The molecule has 1 rings (SSSR count). The van der Waals surface area contributed by atoms with Gasteiger partial charge in [-0.25, -0.2) is 0 Å². The molecule has 1 aromatic rings. The van der Waals surface area contributed by atoms with Crippen molar-refractivity contribution in [1.29, 1.82) is 0 Å². The fraction of sp³-hybridized carbons (Fsp3) is 0.417. The van der Waals surface area contributed by atoms with Gasteiger partial charge in [0.1, 0.15) is 5.75 Å². The molecule has 0 radical (unpaired) electrons. The SMILES string of the molecule is COc1cccc(CP(=O)(O)C(N)CCC(=O)O)c1. The van der Waals surface area contributed by atoms with Crippen LogP contribution in [-0.4, -0.2) is 28.9 Å². The molecule has 0 saturated carbocycles. The molecule has 19 heavy (non-hydrogen) atoms. The highest BCUT2D eigenvalue weighted by Gasteiger charge is 2.28. The average molecular weight is 287 g/mol. The highest BCUT2D eigenvalue weighted by Crippen LogP contribution is 2.49. The third kappa shape index (κ3) is 5.03. The number of aliphatic carboxylic acids is 1. The van der Waals surface area contributed by atoms with E-state index in [9.17, 15) is 14.3 Å². The van der Waals surface area contributed by atoms with Crippen molar-refractivity contribution in [2.24, 2.45) is 5.73 Å². The maximum Gasteiger partial charge on any atom is 0.303 e. The highest BCUT2D eigenvalue weighted by molar-refractivity contribution is 7.57. The van der Waals surface area contributed by atoms with Crippen LogP contribution in [-0.2, 0) is 15.5 Å². The Morgan fingerprint density at radius 3 is 2.79 bits per heavy atom. The van der Waals surface area contributed by atoms with Crippen molar-refractivity contribution in [3.63, 3.8) is 0 Å². The molecule has 7 heteroatoms. The molecule has 2 unspecified atom stereocenters. The van der Waals surface area contributed by atoms with E-state index in [2.05, 4.69) is 0 Å². The van der Waals surface area contributed by atoms with Crippen molar-refractivity contribution >= 4 is 13.3 Å². The largest absolute Gasteiger partial charge is 0.497 e. The molecule has 4 N–H and O–H groups in total. The zero-order chi connectivity index (χ0) is 14.5. The van der Waals surface area contributed by atoms with Gasteiger partial charge in [0.05, 0.1) is 19.1 Å². The number of carboxylic acid groups (broad SMARTS) is 1. The van der Waals surface area contributed by atoms with Crippen LogP contribution in [0.25, 0.3) is 0 Å². The molecule has 0 aromatic heterocycles. The van der Waals surface area contributed by atoms with Crippen molar-refractivity contribution in [2.45, 2.75) is 24.8 Å². The van der Waals surface area contributed by atoms with E-state index in [0.29, 0.717) is 11.3 Å². The number of carboxylic acids is 1. The number of ether oxygens (including phenoxy) is 1. The molecule has 0 amide bonds. The Hall–Kier alpha value is -1.36. The maximum atomic E-state index is 12.1. The molecule has 0 fully saturated rings. The van der Waals surface area contributed by atoms with Gasteiger partial charge < -0.3 is 20.5 Å². The van der Waals surface area contributed by atoms with Gasteiger partial charge in [-0.15, -0.1) is 0 Å². The summed E-state index contributed by atoms with van der Waals surface area (Å²) in [4.78, 5) is 20.3. The van der Waals surface area contributed by atoms with Gasteiger partial charge in [0.15, 0.2) is 0 Å². The predicted octanol–water partition coefficient (Wildman–Crippen LogP) is 1.62. The van der Waals surface area contributed by atoms with E-state index >= 15 is 0 Å². The molecule has 0 aliphatic carbocycles. The summed E-state index contributed by atoms with van der Waals surface area (Å²) in [6.07, 6.45) is -0.331. The Balaban J connectivity index is 2.72. The van der Waals surface area contributed by atoms with Crippen molar-refractivity contribution < 1.29 is 24.1 Å². The Morgan fingerprint density at radius 2 is 2.21 bits per heavy atom. The first-order valence-corrected chi connectivity index (χ1v) is 7.68. The van der Waals surface area contributed by atoms with Crippen LogP contribution >= 0.6 is 7.37 Å². The normalized spacial score (nSPS) is 15.5. The number of nitrogens with two attached hydrogens (primary N) is 1. The molecule has 0 aliphatic heterocycles. The number of benzene rings is 1. The Kier molecular flexibility index (Phi) is 5.54. The predicted molar refractivity (Wildman–Crippen MR) is 71.4 cm³/mol. The zero-order valence-electron chi connectivity index (χ0n) is 10.7. The molecule has 0 saturated heterocycles. The monoisotopic (exact) mass is 287 g/mol. The van der Waals surface area contributed by atoms with Crippen LogP contribution in [0.4, 0.5) is 0 Å². The fourth-order valence-corrected chi connectivity index (χ4v) is 3.11. The Morgan fingerprint density at radius 1 is 1.53 bits per heavy atom. The van der Waals surface area contributed by atoms with Crippen molar-refractivity contribution in [1.82, 2.24) is 0 Å². The van der Waals surface area contributed by atoms with E-state index in [4.69, 9.17) is 15.6 Å². The molecule has 1 aromatic carbocycles. The molecular weight excluding hydrogens is 269 g/mol. The maximum absolute atomic E-state index is 12.1. The minimum absolute atomic E-state index is 0.0208. The molecule has 106 valence electrons. The molecular formula is C12H18NO5P. The Labute approximate surface area is 111 Å². The van der Waals surface area contributed by atoms with Crippen LogP contribution < -0.4 is 10.5 Å². The number of methoxy groups -OCH3 is 1. The van der Waals surface area contributed by atoms with Crippen molar-refractivity contribution in [3.8, 4) is 5.75 Å². The van der Waals surface area contributed by atoms with E-state index in [1.807, 2.05) is 0 Å². The first kappa shape index (κ1) is 15.7. The minimum atomic E-state index is -3.63. The first-order valence-electron chi connectivity index (χ1n) is 5.77. The molecule has 0 spiro atoms. The van der Waals surface area contributed by atoms with Gasteiger partial charge in [0.2, 0.25) is 7.37 Å². The summed E-state index contributed by atoms with van der Waals surface area (Å²) in [5, 5.41) is 8.54. The number of hydrogen-bond acceptors (Lipinski definition) is 4. The third-order valence-electron chi connectivity index (χ3n) is 2.72. The summed E-state index contributed by atoms with van der Waals surface area (Å²) in [5.41, 5.74) is 6.25. The second kappa shape index (κ2) is 6.70. The van der Waals surface area contributed by atoms with Crippen LogP contribution in [0, 0.1) is 0 Å². The fourth-order valence-electron chi connectivity index (χ4n) is 1.62. The summed E-state index contributed by atoms with van der Waals surface area (Å²) >= 11 is 0. The van der Waals surface area contributed by atoms with E-state index in [1.54, 1.807) is 24.3 Å². The van der Waals surface area contributed by atoms with E-state index in [-0.39, 0.29) is 19.0 Å². The summed E-state index contributed by atoms with van der Waals surface area (Å²) < 4.78 is 17.1. The molecule has 0 bridgehead atoms. The van der Waals surface area contributed by atoms with Crippen LogP contribution in [0.2, 0.25) is 0 Å². The molecule has 0 aliphatic rings. The van der Waals surface area contributed by atoms with Crippen LogP contribution in [0.15, 0.2) is 24.3 Å². The van der Waals surface area contributed by atoms with Gasteiger partial charge >= 0.3 is 5.97 Å². The van der Waals surface area contributed by atoms with Gasteiger partial charge in [-0.3, -0.25) is 9.36 Å². The van der Waals surface area contributed by atoms with Crippen molar-refractivity contribution in [2.75, 3.05) is 7.11 Å². The molecule has 6 nitrogen and oxygen atoms in total. The topological polar surface area (TPSA) is 110 Å². The molecule has 2 atom stereocenters. The average Bonchev–Trinajstić information content (AvgIpc) is 2.35. The van der Waals surface area contributed by atoms with Gasteiger partial charge in [-0.1, -0.05) is 12.1 Å². The minimum Gasteiger partial charge on any atom is -0.497 e. The Bertz CT molecular complexity index is 491. The second-order valence-corrected chi connectivity index (χ2v) is 6.76. The van der Waals surface area contributed by atoms with Gasteiger partial charge in [0.25, 0.3) is 0 Å². The standard InChI is InChI=1S/C12H18NO5P/c1-18-10-4-2-3-9(7-10)8-19(16,17)11(13)5-6-12(14)15/h2-4,7,11H,5-6,8,13H2,1H3,(H,14,15)(H,16,17). The third-order valence-corrected chi connectivity index (χ3v) is 4.83. The van der Waals surface area contributed by atoms with Crippen molar-refractivity contribution in [3.05, 3.63) is 29.8 Å². The van der Waals surface area contributed by atoms with Crippen LogP contribution in [0.3, 0.4) is 0 Å². The lowest BCUT2D eigenvalue weighted by Gasteiger charge is -2.18. The van der Waals surface area contributed by atoms with E-state index in [1.165, 1.54) is 7.11 Å². The summed E-state index contributed by atoms with van der Waals surface area (Å²) in [6, 6.07) is 6.81. The number of rotatable bonds is 7. The number of carbonyl (C=O) groups is 1. The summed E-state index contributed by atoms with van der Waals surface area (Å²) in [5.74, 6) is -1.47. The highest BCUT2D eigenvalue weighted by atomic mass is 31.2. The number of hydrogen-bond donors (Lipinski definition) is 3. The summed E-state index contributed by atoms with van der Waals surface area (Å²) in [6.45, 7) is 0. The first-order chi connectivity index (χ1) is 8.85. The van der Waals surface area contributed by atoms with Gasteiger partial charge in [0, 0.05) is 6.42 Å². The zero-order valence-corrected chi connectivity index (χ0v) is 11.5. The molecule has 0 heterocycles. The lowest BCUT2D eigenvalue weighted by molar-refractivity contribution is -0.137. The van der Waals surface area contributed by atoms with E-state index in [0.717, 1.165) is 0 Å². The van der Waals surface area contributed by atoms with E-state index < -0.39 is 19.1 Å². The quantitative estimate of drug-likeness (QED) is 0.657. The lowest BCUT2D eigenvalue weighted by Crippen LogP contribution is -2.22. The smallest absolute Gasteiger partial charge is 0.303 e. The lowest BCUT2D eigenvalue weighted by atomic mass is 10.2.